The number of amides is 1. The van der Waals surface area contributed by atoms with Crippen molar-refractivity contribution in [1.29, 1.82) is 0 Å². The quantitative estimate of drug-likeness (QED) is 0.683. The number of hydrogen-bond acceptors (Lipinski definition) is 6. The van der Waals surface area contributed by atoms with Gasteiger partial charge in [0.1, 0.15) is 0 Å². The summed E-state index contributed by atoms with van der Waals surface area (Å²) in [5.41, 5.74) is 5.04. The molecule has 1 aliphatic rings. The molecule has 0 fully saturated rings. The Morgan fingerprint density at radius 1 is 1.17 bits per heavy atom. The van der Waals surface area contributed by atoms with E-state index in [2.05, 4.69) is 10.8 Å². The van der Waals surface area contributed by atoms with Crippen LogP contribution in [0.4, 0.5) is 11.4 Å². The number of fused-ring (bicyclic) bond motifs is 1. The Morgan fingerprint density at radius 3 is 2.62 bits per heavy atom. The van der Waals surface area contributed by atoms with Gasteiger partial charge in [0.05, 0.1) is 17.0 Å². The summed E-state index contributed by atoms with van der Waals surface area (Å²) in [6.07, 6.45) is 0.680. The molecule has 0 saturated heterocycles. The third-order valence-electron chi connectivity index (χ3n) is 3.61. The van der Waals surface area contributed by atoms with Crippen molar-refractivity contribution >= 4 is 27.4 Å². The number of carbonyl (C=O) groups excluding carboxylic acids is 1. The van der Waals surface area contributed by atoms with Crippen molar-refractivity contribution in [3.05, 3.63) is 53.6 Å². The van der Waals surface area contributed by atoms with E-state index in [9.17, 15) is 13.2 Å². The number of benzene rings is 2. The molecule has 2 aromatic carbocycles. The van der Waals surface area contributed by atoms with Crippen LogP contribution in [0.5, 0.6) is 0 Å². The van der Waals surface area contributed by atoms with E-state index in [0.717, 1.165) is 5.56 Å². The highest BCUT2D eigenvalue weighted by atomic mass is 32.2. The summed E-state index contributed by atoms with van der Waals surface area (Å²) in [6, 6.07) is 11.2. The molecule has 2 aromatic rings. The Hall–Kier alpha value is -2.42. The Labute approximate surface area is 139 Å². The number of aliphatic hydroxyl groups is 1. The van der Waals surface area contributed by atoms with Gasteiger partial charge < -0.3 is 10.4 Å². The highest BCUT2D eigenvalue weighted by molar-refractivity contribution is 7.86. The monoisotopic (exact) mass is 348 g/mol. The number of hydrogen-bond donors (Lipinski definition) is 3. The van der Waals surface area contributed by atoms with Gasteiger partial charge >= 0.3 is 10.1 Å². The Balaban J connectivity index is 1.70. The van der Waals surface area contributed by atoms with Crippen LogP contribution >= 0.6 is 0 Å². The first-order chi connectivity index (χ1) is 11.5. The molecule has 126 valence electrons. The maximum absolute atomic E-state index is 12.2. The summed E-state index contributed by atoms with van der Waals surface area (Å²) in [5, 5.41) is 11.5. The summed E-state index contributed by atoms with van der Waals surface area (Å²) in [5.74, 6) is -0.165. The van der Waals surface area contributed by atoms with E-state index in [-0.39, 0.29) is 23.8 Å². The standard InChI is InChI=1S/C16H16N2O5S/c19-8-7-11-1-3-13(4-2-11)18-23-24(21,22)14-5-6-15-12(9-14)10-16(20)17-15/h1-6,9,18-19H,7-8,10H2,(H,17,20). The van der Waals surface area contributed by atoms with Gasteiger partial charge in [-0.15, -0.1) is 4.28 Å². The predicted molar refractivity (Wildman–Crippen MR) is 87.9 cm³/mol. The van der Waals surface area contributed by atoms with Crippen molar-refractivity contribution in [3.8, 4) is 0 Å². The van der Waals surface area contributed by atoms with E-state index < -0.39 is 10.1 Å². The topological polar surface area (TPSA) is 105 Å². The zero-order valence-electron chi connectivity index (χ0n) is 12.7. The first-order valence-corrected chi connectivity index (χ1v) is 8.71. The van der Waals surface area contributed by atoms with Crippen molar-refractivity contribution < 1.29 is 22.6 Å². The highest BCUT2D eigenvalue weighted by Gasteiger charge is 2.22. The summed E-state index contributed by atoms with van der Waals surface area (Å²) in [7, 11) is -4.01. The van der Waals surface area contributed by atoms with E-state index in [1.54, 1.807) is 30.3 Å². The van der Waals surface area contributed by atoms with Crippen LogP contribution in [0, 0.1) is 0 Å². The van der Waals surface area contributed by atoms with Gasteiger partial charge in [-0.25, -0.2) is 5.48 Å². The van der Waals surface area contributed by atoms with Crippen LogP contribution in [-0.4, -0.2) is 26.0 Å². The molecule has 0 aliphatic carbocycles. The van der Waals surface area contributed by atoms with Crippen molar-refractivity contribution in [2.24, 2.45) is 0 Å². The van der Waals surface area contributed by atoms with E-state index in [1.165, 1.54) is 12.1 Å². The van der Waals surface area contributed by atoms with E-state index in [4.69, 9.17) is 9.39 Å². The number of carbonyl (C=O) groups is 1. The minimum atomic E-state index is -4.01. The summed E-state index contributed by atoms with van der Waals surface area (Å²) >= 11 is 0. The van der Waals surface area contributed by atoms with E-state index >= 15 is 0 Å². The molecule has 7 nitrogen and oxygen atoms in total. The van der Waals surface area contributed by atoms with Crippen LogP contribution in [0.15, 0.2) is 47.4 Å². The second-order valence-corrected chi connectivity index (χ2v) is 6.90. The molecule has 0 saturated carbocycles. The molecule has 0 radical (unpaired) electrons. The van der Waals surface area contributed by atoms with Crippen molar-refractivity contribution in [2.45, 2.75) is 17.7 Å². The summed E-state index contributed by atoms with van der Waals surface area (Å²) in [4.78, 5) is 11.3. The van der Waals surface area contributed by atoms with Crippen molar-refractivity contribution in [3.63, 3.8) is 0 Å². The molecule has 1 aliphatic heterocycles. The highest BCUT2D eigenvalue weighted by Crippen LogP contribution is 2.26. The number of rotatable bonds is 6. The molecule has 24 heavy (non-hydrogen) atoms. The zero-order valence-corrected chi connectivity index (χ0v) is 13.5. The van der Waals surface area contributed by atoms with Crippen LogP contribution in [0.25, 0.3) is 0 Å². The lowest BCUT2D eigenvalue weighted by Crippen LogP contribution is -2.12. The minimum Gasteiger partial charge on any atom is -0.396 e. The van der Waals surface area contributed by atoms with Crippen molar-refractivity contribution in [2.75, 3.05) is 17.4 Å². The summed E-state index contributed by atoms with van der Waals surface area (Å²) in [6.45, 7) is 0.0490. The lowest BCUT2D eigenvalue weighted by Gasteiger charge is -2.09. The molecule has 3 rings (SSSR count). The van der Waals surface area contributed by atoms with Gasteiger partial charge in [-0.3, -0.25) is 4.79 Å². The van der Waals surface area contributed by atoms with Gasteiger partial charge in [-0.05, 0) is 47.9 Å². The van der Waals surface area contributed by atoms with Gasteiger partial charge in [0.25, 0.3) is 0 Å². The first kappa shape index (κ1) is 16.4. The normalized spacial score (nSPS) is 13.5. The third-order valence-corrected chi connectivity index (χ3v) is 4.75. The Kier molecular flexibility index (Phi) is 4.52. The van der Waals surface area contributed by atoms with Crippen LogP contribution in [0.3, 0.4) is 0 Å². The van der Waals surface area contributed by atoms with Crippen LogP contribution in [-0.2, 0) is 32.0 Å². The predicted octanol–water partition coefficient (Wildman–Crippen LogP) is 1.45. The number of aliphatic hydroxyl groups excluding tert-OH is 1. The maximum Gasteiger partial charge on any atom is 0.317 e. The maximum atomic E-state index is 12.2. The molecule has 0 spiro atoms. The third kappa shape index (κ3) is 3.56. The Morgan fingerprint density at radius 2 is 1.92 bits per heavy atom. The average Bonchev–Trinajstić information content (AvgIpc) is 2.94. The smallest absolute Gasteiger partial charge is 0.317 e. The van der Waals surface area contributed by atoms with Gasteiger partial charge in [-0.2, -0.15) is 8.42 Å². The fourth-order valence-corrected chi connectivity index (χ4v) is 3.20. The first-order valence-electron chi connectivity index (χ1n) is 7.30. The molecular weight excluding hydrogens is 332 g/mol. The molecular formula is C16H16N2O5S. The molecule has 0 bridgehead atoms. The summed E-state index contributed by atoms with van der Waals surface area (Å²) < 4.78 is 29.3. The lowest BCUT2D eigenvalue weighted by molar-refractivity contribution is -0.115. The molecule has 8 heteroatoms. The van der Waals surface area contributed by atoms with Gasteiger partial charge in [-0.1, -0.05) is 12.1 Å². The fourth-order valence-electron chi connectivity index (χ4n) is 2.38. The van der Waals surface area contributed by atoms with Gasteiger partial charge in [0.2, 0.25) is 5.91 Å². The fraction of sp³-hybridized carbons (Fsp3) is 0.188. The molecule has 0 unspecified atom stereocenters. The minimum absolute atomic E-state index is 0.0258. The SMILES string of the molecule is O=C1Cc2cc(S(=O)(=O)ONc3ccc(CCO)cc3)ccc2N1. The molecule has 3 N–H and O–H groups in total. The molecule has 1 heterocycles. The van der Waals surface area contributed by atoms with Crippen molar-refractivity contribution in [1.82, 2.24) is 0 Å². The Bertz CT molecular complexity index is 863. The largest absolute Gasteiger partial charge is 0.396 e. The van der Waals surface area contributed by atoms with Gasteiger partial charge in [0.15, 0.2) is 0 Å². The second-order valence-electron chi connectivity index (χ2n) is 5.35. The van der Waals surface area contributed by atoms with Crippen LogP contribution < -0.4 is 10.8 Å². The van der Waals surface area contributed by atoms with E-state index in [0.29, 0.717) is 23.4 Å². The molecule has 0 atom stereocenters. The second kappa shape index (κ2) is 6.60. The molecule has 0 aromatic heterocycles. The average molecular weight is 348 g/mol. The number of nitrogens with one attached hydrogen (secondary N) is 2. The number of anilines is 2. The molecule has 1 amide bonds. The zero-order chi connectivity index (χ0) is 17.2. The van der Waals surface area contributed by atoms with Crippen LogP contribution in [0.1, 0.15) is 11.1 Å². The lowest BCUT2D eigenvalue weighted by atomic mass is 10.1. The van der Waals surface area contributed by atoms with E-state index in [1.807, 2.05) is 0 Å². The van der Waals surface area contributed by atoms with Crippen LogP contribution in [0.2, 0.25) is 0 Å². The van der Waals surface area contributed by atoms with Gasteiger partial charge in [0, 0.05) is 12.3 Å².